The van der Waals surface area contributed by atoms with Crippen molar-refractivity contribution in [3.8, 4) is 0 Å². The van der Waals surface area contributed by atoms with Crippen LogP contribution in [0, 0.1) is 0 Å². The third-order valence-corrected chi connectivity index (χ3v) is 3.63. The average molecular weight is 228 g/mol. The molecular formula is C14H16N2O. The summed E-state index contributed by atoms with van der Waals surface area (Å²) in [5.74, 6) is 0.956. The molecule has 1 saturated heterocycles. The van der Waals surface area contributed by atoms with Gasteiger partial charge in [0.15, 0.2) is 0 Å². The number of morpholine rings is 1. The van der Waals surface area contributed by atoms with Crippen LogP contribution in [0.3, 0.4) is 0 Å². The standard InChI is InChI=1S/C14H16N2O/c1-3-16-13(15-2)9-17-12-8-10-6-4-5-7-11(10)14(12)16/h3-7,12,14H,1,8-9H2,2H3/t12-,14+/m1/s1. The molecule has 1 aliphatic heterocycles. The lowest BCUT2D eigenvalue weighted by Gasteiger charge is -2.38. The maximum Gasteiger partial charge on any atom is 0.130 e. The minimum atomic E-state index is 0.232. The second-order valence-electron chi connectivity index (χ2n) is 4.43. The number of aliphatic imine (C=N–C) groups is 1. The van der Waals surface area contributed by atoms with Gasteiger partial charge >= 0.3 is 0 Å². The Bertz CT molecular complexity index is 481. The van der Waals surface area contributed by atoms with E-state index in [1.54, 1.807) is 7.05 Å². The predicted molar refractivity (Wildman–Crippen MR) is 68.0 cm³/mol. The fourth-order valence-corrected chi connectivity index (χ4v) is 2.83. The highest BCUT2D eigenvalue weighted by molar-refractivity contribution is 5.85. The van der Waals surface area contributed by atoms with Crippen LogP contribution in [0.4, 0.5) is 0 Å². The smallest absolute Gasteiger partial charge is 0.130 e. The summed E-state index contributed by atoms with van der Waals surface area (Å²) in [7, 11) is 1.80. The van der Waals surface area contributed by atoms with Gasteiger partial charge in [0, 0.05) is 13.5 Å². The molecule has 0 aromatic heterocycles. The summed E-state index contributed by atoms with van der Waals surface area (Å²) in [4.78, 5) is 6.43. The maximum absolute atomic E-state index is 5.90. The van der Waals surface area contributed by atoms with Gasteiger partial charge in [-0.2, -0.15) is 0 Å². The lowest BCUT2D eigenvalue weighted by Crippen LogP contribution is -2.44. The Hall–Kier alpha value is -1.61. The summed E-state index contributed by atoms with van der Waals surface area (Å²) in [6, 6.07) is 8.78. The van der Waals surface area contributed by atoms with Crippen LogP contribution >= 0.6 is 0 Å². The van der Waals surface area contributed by atoms with Crippen molar-refractivity contribution >= 4 is 5.84 Å². The summed E-state index contributed by atoms with van der Waals surface area (Å²) in [6.07, 6.45) is 3.09. The highest BCUT2D eigenvalue weighted by Gasteiger charge is 2.40. The van der Waals surface area contributed by atoms with Crippen LogP contribution in [0.2, 0.25) is 0 Å². The first-order chi connectivity index (χ1) is 8.35. The van der Waals surface area contributed by atoms with E-state index >= 15 is 0 Å². The number of hydrogen-bond acceptors (Lipinski definition) is 2. The Balaban J connectivity index is 2.06. The number of ether oxygens (including phenoxy) is 1. The molecule has 3 heteroatoms. The summed E-state index contributed by atoms with van der Waals surface area (Å²) in [5, 5.41) is 0. The number of nitrogens with zero attached hydrogens (tertiary/aromatic N) is 2. The van der Waals surface area contributed by atoms with Crippen molar-refractivity contribution in [1.29, 1.82) is 0 Å². The summed E-state index contributed by atoms with van der Waals surface area (Å²) >= 11 is 0. The molecule has 17 heavy (non-hydrogen) atoms. The Morgan fingerprint density at radius 2 is 2.29 bits per heavy atom. The average Bonchev–Trinajstić information content (AvgIpc) is 2.76. The fourth-order valence-electron chi connectivity index (χ4n) is 2.83. The van der Waals surface area contributed by atoms with Gasteiger partial charge in [0.05, 0.1) is 12.1 Å². The Labute approximate surface area is 101 Å². The van der Waals surface area contributed by atoms with E-state index in [0.29, 0.717) is 6.61 Å². The Morgan fingerprint density at radius 1 is 1.47 bits per heavy atom. The highest BCUT2D eigenvalue weighted by atomic mass is 16.5. The van der Waals surface area contributed by atoms with Crippen molar-refractivity contribution in [1.82, 2.24) is 4.90 Å². The molecule has 2 aliphatic rings. The van der Waals surface area contributed by atoms with Crippen molar-refractivity contribution in [3.63, 3.8) is 0 Å². The van der Waals surface area contributed by atoms with Gasteiger partial charge in [-0.05, 0) is 17.3 Å². The third-order valence-electron chi connectivity index (χ3n) is 3.63. The molecule has 1 fully saturated rings. The molecule has 0 amide bonds. The summed E-state index contributed by atoms with van der Waals surface area (Å²) in [5.41, 5.74) is 2.73. The van der Waals surface area contributed by atoms with Crippen LogP contribution in [0.5, 0.6) is 0 Å². The molecular weight excluding hydrogens is 212 g/mol. The normalized spacial score (nSPS) is 29.0. The highest BCUT2D eigenvalue weighted by Crippen LogP contribution is 2.40. The van der Waals surface area contributed by atoms with Crippen molar-refractivity contribution < 1.29 is 4.74 Å². The molecule has 0 bridgehead atoms. The van der Waals surface area contributed by atoms with Crippen molar-refractivity contribution in [2.75, 3.05) is 13.7 Å². The number of amidine groups is 1. The lowest BCUT2D eigenvalue weighted by atomic mass is 10.1. The van der Waals surface area contributed by atoms with Crippen LogP contribution in [-0.2, 0) is 11.2 Å². The second-order valence-corrected chi connectivity index (χ2v) is 4.43. The Morgan fingerprint density at radius 3 is 3.06 bits per heavy atom. The van der Waals surface area contributed by atoms with Crippen molar-refractivity contribution in [3.05, 3.63) is 48.2 Å². The molecule has 0 saturated carbocycles. The monoisotopic (exact) mass is 228 g/mol. The van der Waals surface area contributed by atoms with Gasteiger partial charge in [-0.1, -0.05) is 30.8 Å². The lowest BCUT2D eigenvalue weighted by molar-refractivity contribution is 0.0140. The molecule has 0 spiro atoms. The van der Waals surface area contributed by atoms with Crippen LogP contribution < -0.4 is 0 Å². The summed E-state index contributed by atoms with van der Waals surface area (Å²) in [6.45, 7) is 4.49. The van der Waals surface area contributed by atoms with E-state index in [1.807, 2.05) is 6.20 Å². The molecule has 0 N–H and O–H groups in total. The zero-order chi connectivity index (χ0) is 11.8. The van der Waals surface area contributed by atoms with Gasteiger partial charge in [0.2, 0.25) is 0 Å². The van der Waals surface area contributed by atoms with E-state index in [4.69, 9.17) is 4.74 Å². The third kappa shape index (κ3) is 1.50. The molecule has 1 aliphatic carbocycles. The molecule has 0 radical (unpaired) electrons. The minimum absolute atomic E-state index is 0.232. The zero-order valence-electron chi connectivity index (χ0n) is 9.97. The minimum Gasteiger partial charge on any atom is -0.367 e. The molecule has 3 nitrogen and oxygen atoms in total. The van der Waals surface area contributed by atoms with Gasteiger partial charge in [0.1, 0.15) is 12.4 Å². The molecule has 1 aromatic carbocycles. The number of hydrogen-bond donors (Lipinski definition) is 0. The molecule has 1 aromatic rings. The maximum atomic E-state index is 5.90. The van der Waals surface area contributed by atoms with Crippen LogP contribution in [-0.4, -0.2) is 30.5 Å². The van der Waals surface area contributed by atoms with Gasteiger partial charge in [0.25, 0.3) is 0 Å². The van der Waals surface area contributed by atoms with Crippen molar-refractivity contribution in [2.24, 2.45) is 4.99 Å². The van der Waals surface area contributed by atoms with Gasteiger partial charge in [-0.3, -0.25) is 4.99 Å². The fraction of sp³-hybridized carbons (Fsp3) is 0.357. The van der Waals surface area contributed by atoms with E-state index in [0.717, 1.165) is 12.3 Å². The largest absolute Gasteiger partial charge is 0.367 e. The van der Waals surface area contributed by atoms with Gasteiger partial charge in [-0.25, -0.2) is 0 Å². The topological polar surface area (TPSA) is 24.8 Å². The molecule has 2 atom stereocenters. The van der Waals surface area contributed by atoms with E-state index < -0.39 is 0 Å². The first-order valence-corrected chi connectivity index (χ1v) is 5.91. The molecule has 3 rings (SSSR count). The molecule has 0 unspecified atom stereocenters. The molecule has 88 valence electrons. The molecule has 1 heterocycles. The van der Waals surface area contributed by atoms with E-state index in [2.05, 4.69) is 40.7 Å². The number of benzene rings is 1. The Kier molecular flexibility index (Phi) is 2.48. The second kappa shape index (κ2) is 4.00. The number of fused-ring (bicyclic) bond motifs is 3. The first-order valence-electron chi connectivity index (χ1n) is 5.91. The van der Waals surface area contributed by atoms with E-state index in [1.165, 1.54) is 11.1 Å². The first kappa shape index (κ1) is 10.5. The zero-order valence-corrected chi connectivity index (χ0v) is 9.97. The van der Waals surface area contributed by atoms with E-state index in [-0.39, 0.29) is 12.1 Å². The van der Waals surface area contributed by atoms with Crippen molar-refractivity contribution in [2.45, 2.75) is 18.6 Å². The van der Waals surface area contributed by atoms with Gasteiger partial charge in [-0.15, -0.1) is 0 Å². The number of rotatable bonds is 1. The van der Waals surface area contributed by atoms with Crippen LogP contribution in [0.25, 0.3) is 0 Å². The van der Waals surface area contributed by atoms with Gasteiger partial charge < -0.3 is 9.64 Å². The SMILES string of the molecule is C=CN1C(=NC)CO[C@@H]2Cc3ccccc3[C@@H]21. The quantitative estimate of drug-likeness (QED) is 0.735. The predicted octanol–water partition coefficient (Wildman–Crippen LogP) is 2.16. The van der Waals surface area contributed by atoms with Crippen LogP contribution in [0.15, 0.2) is 42.0 Å². The van der Waals surface area contributed by atoms with Crippen LogP contribution in [0.1, 0.15) is 17.2 Å². The van der Waals surface area contributed by atoms with E-state index in [9.17, 15) is 0 Å². The summed E-state index contributed by atoms with van der Waals surface area (Å²) < 4.78 is 5.90.